The van der Waals surface area contributed by atoms with Crippen LogP contribution in [0.3, 0.4) is 0 Å². The van der Waals surface area contributed by atoms with E-state index < -0.39 is 0 Å². The number of pyridine rings is 3. The van der Waals surface area contributed by atoms with E-state index in [0.29, 0.717) is 52.4 Å². The highest BCUT2D eigenvalue weighted by Gasteiger charge is 2.26. The van der Waals surface area contributed by atoms with Gasteiger partial charge in [-0.05, 0) is 69.8 Å². The van der Waals surface area contributed by atoms with Gasteiger partial charge in [-0.3, -0.25) is 0 Å². The number of rotatable bonds is 16. The summed E-state index contributed by atoms with van der Waals surface area (Å²) in [4.78, 5) is 60.8. The highest BCUT2D eigenvalue weighted by atomic mass is 32.1. The summed E-state index contributed by atoms with van der Waals surface area (Å²) < 4.78 is 7.50. The van der Waals surface area contributed by atoms with Gasteiger partial charge in [-0.25, -0.2) is 59.8 Å². The van der Waals surface area contributed by atoms with E-state index in [1.807, 2.05) is 192 Å². The molecule has 0 unspecified atom stereocenters. The number of hydrogen-bond acceptors (Lipinski definition) is 15. The highest BCUT2D eigenvalue weighted by molar-refractivity contribution is 7.27. The Morgan fingerprint density at radius 1 is 0.129 bits per heavy atom. The van der Waals surface area contributed by atoms with E-state index in [9.17, 15) is 0 Å². The molecule has 0 N–H and O–H groups in total. The van der Waals surface area contributed by atoms with Crippen LogP contribution in [0.2, 0.25) is 0 Å². The zero-order chi connectivity index (χ0) is 97.5. The normalized spacial score (nSPS) is 11.4. The molecule has 0 bridgehead atoms. The summed E-state index contributed by atoms with van der Waals surface area (Å²) in [6, 6.07) is 172. The van der Waals surface area contributed by atoms with E-state index in [4.69, 9.17) is 59.8 Å². The minimum atomic E-state index is 0.622. The van der Waals surface area contributed by atoms with Gasteiger partial charge in [0.25, 0.3) is 0 Å². The molecule has 0 radical (unpaired) electrons. The van der Waals surface area contributed by atoms with Gasteiger partial charge in [0.15, 0.2) is 52.4 Å². The average molecular weight is 1930 g/mol. The monoisotopic (exact) mass is 1930 g/mol. The van der Waals surface area contributed by atoms with Gasteiger partial charge in [0.1, 0.15) is 0 Å². The van der Waals surface area contributed by atoms with Crippen LogP contribution in [0.4, 0.5) is 0 Å². The van der Waals surface area contributed by atoms with Crippen LogP contribution in [0.1, 0.15) is 0 Å². The average Bonchev–Trinajstić information content (AvgIpc) is 1.61. The van der Waals surface area contributed by atoms with Gasteiger partial charge in [-0.1, -0.05) is 461 Å². The molecular formula is C132H82N12S3. The Bertz CT molecular complexity index is 9690. The molecule has 19 aromatic carbocycles. The van der Waals surface area contributed by atoms with Gasteiger partial charge in [0.05, 0.1) is 33.6 Å². The minimum absolute atomic E-state index is 0.622. The van der Waals surface area contributed by atoms with Crippen LogP contribution in [0.25, 0.3) is 274 Å². The molecule has 0 amide bonds. The third-order valence-electron chi connectivity index (χ3n) is 26.8. The van der Waals surface area contributed by atoms with Crippen LogP contribution in [0, 0.1) is 0 Å². The Morgan fingerprint density at radius 2 is 0.354 bits per heavy atom. The van der Waals surface area contributed by atoms with Gasteiger partial charge in [-0.15, -0.1) is 34.0 Å². The smallest absolute Gasteiger partial charge is 0.164 e. The third-order valence-corrected chi connectivity index (χ3v) is 30.4. The van der Waals surface area contributed by atoms with Gasteiger partial charge < -0.3 is 0 Å². The molecule has 0 aliphatic carbocycles. The molecule has 0 fully saturated rings. The van der Waals surface area contributed by atoms with Crippen molar-refractivity contribution < 1.29 is 0 Å². The van der Waals surface area contributed by atoms with Crippen LogP contribution in [0.5, 0.6) is 0 Å². The predicted molar refractivity (Wildman–Crippen MR) is 611 cm³/mol. The number of para-hydroxylation sites is 2. The molecule has 0 saturated heterocycles. The Labute approximate surface area is 858 Å². The molecule has 15 heteroatoms. The van der Waals surface area contributed by atoms with Crippen molar-refractivity contribution in [1.82, 2.24) is 59.8 Å². The summed E-state index contributed by atoms with van der Waals surface area (Å²) in [7, 11) is 0. The summed E-state index contributed by atoms with van der Waals surface area (Å²) in [5, 5.41) is 10.7. The van der Waals surface area contributed by atoms with Gasteiger partial charge in [0.2, 0.25) is 0 Å². The molecule has 0 aliphatic rings. The molecule has 28 rings (SSSR count). The fourth-order valence-corrected chi connectivity index (χ4v) is 23.3. The van der Waals surface area contributed by atoms with Crippen molar-refractivity contribution in [3.05, 3.63) is 497 Å². The van der Waals surface area contributed by atoms with Crippen molar-refractivity contribution in [2.75, 3.05) is 0 Å². The van der Waals surface area contributed by atoms with Crippen LogP contribution >= 0.6 is 34.0 Å². The SMILES string of the molecule is c1ccc(-c2ccc(-c3nc(-c4ccccc4)nc(-c4ccc(-c5nc6c(-c7ccccc7)cccc6c6sc7ccccc7c56)cc4)n3)cc2)cc1.c1ccc(-c2ccc3nc(-c4ccc(-c5nc(-c6ccccc6)nc(-c6ccccc6)n5)cc4)c4c5ccccc5sc4c3c2)cc1.c1ccc(-c2nc(-c3ccccc3)nc(-c3cccc(-c4nc5c(-c6ccccc6)cccc5c5sc6ccccc6c45)c3)n2)cc1. The number of fused-ring (bicyclic) bond motifs is 15. The van der Waals surface area contributed by atoms with Crippen molar-refractivity contribution in [3.8, 4) is 181 Å². The maximum absolute atomic E-state index is 5.49. The van der Waals surface area contributed by atoms with Crippen molar-refractivity contribution in [3.63, 3.8) is 0 Å². The van der Waals surface area contributed by atoms with E-state index in [2.05, 4.69) is 340 Å². The Kier molecular flexibility index (Phi) is 23.3. The van der Waals surface area contributed by atoms with Crippen molar-refractivity contribution >= 4 is 127 Å². The lowest BCUT2D eigenvalue weighted by atomic mass is 9.97. The summed E-state index contributed by atoms with van der Waals surface area (Å²) in [6.45, 7) is 0. The molecule has 0 atom stereocenters. The van der Waals surface area contributed by atoms with E-state index in [0.717, 1.165) is 128 Å². The molecular weight excluding hydrogens is 1850 g/mol. The number of hydrogen-bond donors (Lipinski definition) is 0. The van der Waals surface area contributed by atoms with Gasteiger partial charge in [-0.2, -0.15) is 0 Å². The molecule has 0 spiro atoms. The first-order chi connectivity index (χ1) is 72.8. The van der Waals surface area contributed by atoms with Crippen LogP contribution in [0.15, 0.2) is 497 Å². The maximum Gasteiger partial charge on any atom is 0.164 e. The fraction of sp³-hybridized carbons (Fsp3) is 0. The Morgan fingerprint density at radius 3 is 0.701 bits per heavy atom. The lowest BCUT2D eigenvalue weighted by Crippen LogP contribution is -2.00. The first-order valence-electron chi connectivity index (χ1n) is 48.8. The standard InChI is InChI=1S/C48H30N4S.2C42H26N4S/c1-4-13-31(14-5-1)32-23-27-36(28-24-32)47-50-46(35-17-8-3-9-18-35)51-48(52-47)37-29-25-34(26-30-37)43-42-39-19-10-11-22-41(39)53-45(42)40-21-12-20-38(44(40)49-43)33-15-6-2-7-16-33;1-4-14-27(15-5-1)32-23-13-24-34-38(32)43-37(36-33-22-10-11-25-35(33)47-39(34)36)30-20-12-21-31(26-30)42-45-40(28-16-6-2-7-17-28)44-41(46-42)29-18-8-3-9-19-29;1-4-12-27(13-5-1)32-24-25-35-34(26-32)39-37(33-18-10-11-19-36(33)47-39)38(43-35)28-20-22-31(23-21-28)42-45-40(29-14-6-2-7-15-29)44-41(46-42)30-16-8-3-9-17-30/h1-30H;2*1-26H. The molecule has 0 aliphatic heterocycles. The lowest BCUT2D eigenvalue weighted by Gasteiger charge is -2.13. The van der Waals surface area contributed by atoms with Gasteiger partial charge in [0, 0.05) is 155 Å². The largest absolute Gasteiger partial charge is 0.247 e. The summed E-state index contributed by atoms with van der Waals surface area (Å²) in [6.07, 6.45) is 0. The zero-order valence-corrected chi connectivity index (χ0v) is 81.4. The van der Waals surface area contributed by atoms with Gasteiger partial charge >= 0.3 is 0 Å². The molecule has 9 heterocycles. The highest BCUT2D eigenvalue weighted by Crippen LogP contribution is 2.50. The van der Waals surface area contributed by atoms with E-state index in [1.165, 1.54) is 93.4 Å². The zero-order valence-electron chi connectivity index (χ0n) is 78.9. The topological polar surface area (TPSA) is 155 Å². The summed E-state index contributed by atoms with van der Waals surface area (Å²) >= 11 is 5.50. The maximum atomic E-state index is 5.49. The molecule has 28 aromatic rings. The summed E-state index contributed by atoms with van der Waals surface area (Å²) in [5.74, 6) is 5.73. The van der Waals surface area contributed by atoms with E-state index in [1.54, 1.807) is 0 Å². The first kappa shape index (κ1) is 88.3. The van der Waals surface area contributed by atoms with Crippen LogP contribution in [-0.2, 0) is 0 Å². The predicted octanol–water partition coefficient (Wildman–Crippen LogP) is 35.0. The molecule has 147 heavy (non-hydrogen) atoms. The minimum Gasteiger partial charge on any atom is -0.247 e. The Balaban J connectivity index is 0.000000112. The lowest BCUT2D eigenvalue weighted by molar-refractivity contribution is 1.07. The van der Waals surface area contributed by atoms with Crippen LogP contribution in [-0.4, -0.2) is 59.8 Å². The fourth-order valence-electron chi connectivity index (χ4n) is 19.6. The third kappa shape index (κ3) is 17.3. The molecule has 0 saturated carbocycles. The number of aromatic nitrogens is 12. The Hall–Kier alpha value is -18.9. The van der Waals surface area contributed by atoms with Crippen molar-refractivity contribution in [1.29, 1.82) is 0 Å². The number of benzene rings is 19. The molecule has 12 nitrogen and oxygen atoms in total. The second-order valence-electron chi connectivity index (χ2n) is 35.9. The van der Waals surface area contributed by atoms with E-state index >= 15 is 0 Å². The quantitative estimate of drug-likeness (QED) is 0.0904. The van der Waals surface area contributed by atoms with E-state index in [-0.39, 0.29) is 0 Å². The first-order valence-corrected chi connectivity index (χ1v) is 51.2. The second-order valence-corrected chi connectivity index (χ2v) is 39.1. The number of thiophene rings is 3. The molecule has 9 aromatic heterocycles. The van der Waals surface area contributed by atoms with Crippen molar-refractivity contribution in [2.45, 2.75) is 0 Å². The second kappa shape index (κ2) is 38.8. The van der Waals surface area contributed by atoms with Crippen LogP contribution < -0.4 is 0 Å². The van der Waals surface area contributed by atoms with Crippen molar-refractivity contribution in [2.24, 2.45) is 0 Å². The summed E-state index contributed by atoms with van der Waals surface area (Å²) in [5.41, 5.74) is 26.7. The molecule has 688 valence electrons. The number of nitrogens with zero attached hydrogens (tertiary/aromatic N) is 12.